The highest BCUT2D eigenvalue weighted by Gasteiger charge is 2.17. The Morgan fingerprint density at radius 1 is 1.17 bits per heavy atom. The Labute approximate surface area is 106 Å². The second kappa shape index (κ2) is 4.53. The van der Waals surface area contributed by atoms with Crippen molar-refractivity contribution in [3.8, 4) is 5.75 Å². The third-order valence-corrected chi connectivity index (χ3v) is 3.08. The molecule has 1 N–H and O–H groups in total. The summed E-state index contributed by atoms with van der Waals surface area (Å²) in [5.74, 6) is 0.243. The predicted molar refractivity (Wildman–Crippen MR) is 72.4 cm³/mol. The van der Waals surface area contributed by atoms with E-state index in [0.29, 0.717) is 0 Å². The molecule has 0 atom stereocenters. The first-order valence-corrected chi connectivity index (χ1v) is 5.97. The van der Waals surface area contributed by atoms with Crippen molar-refractivity contribution in [2.75, 3.05) is 11.4 Å². The van der Waals surface area contributed by atoms with Crippen LogP contribution in [0.4, 0.5) is 5.69 Å². The standard InChI is InChI=1S/C15H14N2O/c18-14-10-16-9-13-7-4-8-17(15(13)14)11-12-5-2-1-3-6-12/h1-7,9-10,18H,8,11H2. The Morgan fingerprint density at radius 3 is 2.83 bits per heavy atom. The highest BCUT2D eigenvalue weighted by atomic mass is 16.3. The number of anilines is 1. The SMILES string of the molecule is Oc1cncc2c1N(Cc1ccccc1)CC=C2. The van der Waals surface area contributed by atoms with E-state index >= 15 is 0 Å². The number of rotatable bonds is 2. The lowest BCUT2D eigenvalue weighted by Gasteiger charge is -2.28. The van der Waals surface area contributed by atoms with Crippen molar-refractivity contribution in [3.63, 3.8) is 0 Å². The van der Waals surface area contributed by atoms with Gasteiger partial charge in [0.05, 0.1) is 11.9 Å². The van der Waals surface area contributed by atoms with E-state index in [4.69, 9.17) is 0 Å². The van der Waals surface area contributed by atoms with Gasteiger partial charge in [0.2, 0.25) is 0 Å². The van der Waals surface area contributed by atoms with Gasteiger partial charge in [-0.2, -0.15) is 0 Å². The summed E-state index contributed by atoms with van der Waals surface area (Å²) in [6.45, 7) is 1.59. The summed E-state index contributed by atoms with van der Waals surface area (Å²) in [5, 5.41) is 9.97. The predicted octanol–water partition coefficient (Wildman–Crippen LogP) is 2.82. The van der Waals surface area contributed by atoms with Crippen LogP contribution >= 0.6 is 0 Å². The molecule has 0 unspecified atom stereocenters. The minimum absolute atomic E-state index is 0.243. The molecule has 0 amide bonds. The van der Waals surface area contributed by atoms with Crippen LogP contribution in [-0.2, 0) is 6.54 Å². The fourth-order valence-electron chi connectivity index (χ4n) is 2.27. The lowest BCUT2D eigenvalue weighted by Crippen LogP contribution is -2.25. The van der Waals surface area contributed by atoms with Crippen molar-refractivity contribution >= 4 is 11.8 Å². The van der Waals surface area contributed by atoms with Gasteiger partial charge in [0.1, 0.15) is 0 Å². The fraction of sp³-hybridized carbons (Fsp3) is 0.133. The molecule has 3 rings (SSSR count). The van der Waals surface area contributed by atoms with Gasteiger partial charge in [-0.05, 0) is 5.56 Å². The molecule has 0 saturated carbocycles. The topological polar surface area (TPSA) is 36.4 Å². The van der Waals surface area contributed by atoms with Gasteiger partial charge >= 0.3 is 0 Å². The maximum Gasteiger partial charge on any atom is 0.157 e. The lowest BCUT2D eigenvalue weighted by atomic mass is 10.1. The van der Waals surface area contributed by atoms with Gasteiger partial charge in [0, 0.05) is 24.8 Å². The summed E-state index contributed by atoms with van der Waals surface area (Å²) in [7, 11) is 0. The lowest BCUT2D eigenvalue weighted by molar-refractivity contribution is 0.471. The number of aromatic hydroxyl groups is 1. The van der Waals surface area contributed by atoms with Crippen LogP contribution in [-0.4, -0.2) is 16.6 Å². The zero-order chi connectivity index (χ0) is 12.4. The number of hydrogen-bond donors (Lipinski definition) is 1. The summed E-state index contributed by atoms with van der Waals surface area (Å²) in [5.41, 5.74) is 3.07. The van der Waals surface area contributed by atoms with Crippen molar-refractivity contribution in [2.45, 2.75) is 6.54 Å². The molecule has 0 radical (unpaired) electrons. The maximum atomic E-state index is 9.97. The highest BCUT2D eigenvalue weighted by Crippen LogP contribution is 2.34. The molecular formula is C15H14N2O. The van der Waals surface area contributed by atoms with Crippen LogP contribution in [0.3, 0.4) is 0 Å². The smallest absolute Gasteiger partial charge is 0.157 e. The van der Waals surface area contributed by atoms with Crippen LogP contribution in [0.15, 0.2) is 48.8 Å². The van der Waals surface area contributed by atoms with E-state index in [-0.39, 0.29) is 5.75 Å². The molecule has 2 heterocycles. The van der Waals surface area contributed by atoms with E-state index in [9.17, 15) is 5.11 Å². The number of pyridine rings is 1. The molecule has 1 aromatic carbocycles. The number of benzene rings is 1. The Hall–Kier alpha value is -2.29. The number of fused-ring (bicyclic) bond motifs is 1. The molecule has 0 spiro atoms. The summed E-state index contributed by atoms with van der Waals surface area (Å²) in [4.78, 5) is 6.17. The van der Waals surface area contributed by atoms with Crippen LogP contribution in [0.5, 0.6) is 5.75 Å². The molecule has 1 aliphatic rings. The summed E-state index contributed by atoms with van der Waals surface area (Å²) < 4.78 is 0. The van der Waals surface area contributed by atoms with Gasteiger partial charge in [-0.1, -0.05) is 42.5 Å². The van der Waals surface area contributed by atoms with Crippen LogP contribution in [0.2, 0.25) is 0 Å². The van der Waals surface area contributed by atoms with E-state index < -0.39 is 0 Å². The van der Waals surface area contributed by atoms with Crippen molar-refractivity contribution < 1.29 is 5.11 Å². The number of aromatic nitrogens is 1. The van der Waals surface area contributed by atoms with Gasteiger partial charge < -0.3 is 10.0 Å². The second-order valence-corrected chi connectivity index (χ2v) is 4.36. The third kappa shape index (κ3) is 1.95. The Balaban J connectivity index is 1.94. The first kappa shape index (κ1) is 10.8. The minimum Gasteiger partial charge on any atom is -0.504 e. The molecule has 18 heavy (non-hydrogen) atoms. The Bertz CT molecular complexity index is 578. The molecule has 2 aromatic rings. The molecule has 1 aromatic heterocycles. The van der Waals surface area contributed by atoms with Crippen molar-refractivity contribution in [1.82, 2.24) is 4.98 Å². The van der Waals surface area contributed by atoms with Crippen LogP contribution in [0.25, 0.3) is 6.08 Å². The molecule has 1 aliphatic heterocycles. The Kier molecular flexibility index (Phi) is 2.73. The summed E-state index contributed by atoms with van der Waals surface area (Å²) >= 11 is 0. The molecule has 3 nitrogen and oxygen atoms in total. The Morgan fingerprint density at radius 2 is 2.00 bits per heavy atom. The molecule has 0 saturated heterocycles. The quantitative estimate of drug-likeness (QED) is 0.874. The molecule has 0 bridgehead atoms. The zero-order valence-corrected chi connectivity index (χ0v) is 9.95. The number of nitrogens with zero attached hydrogens (tertiary/aromatic N) is 2. The van der Waals surface area contributed by atoms with E-state index in [1.165, 1.54) is 11.8 Å². The van der Waals surface area contributed by atoms with Gasteiger partial charge in [0.25, 0.3) is 0 Å². The van der Waals surface area contributed by atoms with E-state index in [1.54, 1.807) is 6.20 Å². The van der Waals surface area contributed by atoms with Crippen molar-refractivity contribution in [2.24, 2.45) is 0 Å². The average molecular weight is 238 g/mol. The average Bonchev–Trinajstić information content (AvgIpc) is 2.40. The van der Waals surface area contributed by atoms with Crippen LogP contribution < -0.4 is 4.90 Å². The normalized spacial score (nSPS) is 13.4. The summed E-state index contributed by atoms with van der Waals surface area (Å²) in [6, 6.07) is 10.3. The fourth-order valence-corrected chi connectivity index (χ4v) is 2.27. The molecule has 90 valence electrons. The molecule has 0 aliphatic carbocycles. The first-order chi connectivity index (χ1) is 8.84. The third-order valence-electron chi connectivity index (χ3n) is 3.08. The maximum absolute atomic E-state index is 9.97. The largest absolute Gasteiger partial charge is 0.504 e. The second-order valence-electron chi connectivity index (χ2n) is 4.36. The van der Waals surface area contributed by atoms with Gasteiger partial charge in [0.15, 0.2) is 5.75 Å². The van der Waals surface area contributed by atoms with Crippen LogP contribution in [0, 0.1) is 0 Å². The van der Waals surface area contributed by atoms with Gasteiger partial charge in [-0.25, -0.2) is 0 Å². The molecular weight excluding hydrogens is 224 g/mol. The first-order valence-electron chi connectivity index (χ1n) is 5.97. The highest BCUT2D eigenvalue weighted by molar-refractivity contribution is 5.75. The van der Waals surface area contributed by atoms with E-state index in [2.05, 4.69) is 28.1 Å². The van der Waals surface area contributed by atoms with Crippen LogP contribution in [0.1, 0.15) is 11.1 Å². The summed E-state index contributed by atoms with van der Waals surface area (Å²) in [6.07, 6.45) is 7.37. The molecule has 0 fully saturated rings. The molecule has 3 heteroatoms. The van der Waals surface area contributed by atoms with Crippen molar-refractivity contribution in [3.05, 3.63) is 59.9 Å². The zero-order valence-electron chi connectivity index (χ0n) is 9.95. The van der Waals surface area contributed by atoms with Gasteiger partial charge in [-0.3, -0.25) is 4.98 Å². The number of hydrogen-bond acceptors (Lipinski definition) is 3. The van der Waals surface area contributed by atoms with Crippen molar-refractivity contribution in [1.29, 1.82) is 0 Å². The van der Waals surface area contributed by atoms with E-state index in [1.807, 2.05) is 24.3 Å². The monoisotopic (exact) mass is 238 g/mol. The van der Waals surface area contributed by atoms with Gasteiger partial charge in [-0.15, -0.1) is 0 Å². The minimum atomic E-state index is 0.243. The van der Waals surface area contributed by atoms with E-state index in [0.717, 1.165) is 24.3 Å².